The second kappa shape index (κ2) is 15.1. The molecule has 2 nitrogen and oxygen atoms in total. The normalized spacial score (nSPS) is 40.9. The SMILES string of the molecule is C/C=C(\C)C#N.CC.CC.CC[C@@]1(C)CCC2(C)C(CCC3C2CCC2(C)C(C(C)CNC)CCC32)C1. The van der Waals surface area contributed by atoms with Crippen LogP contribution in [0.1, 0.15) is 140 Å². The van der Waals surface area contributed by atoms with Crippen LogP contribution in [0.25, 0.3) is 0 Å². The van der Waals surface area contributed by atoms with Gasteiger partial charge in [-0.1, -0.05) is 74.8 Å². The van der Waals surface area contributed by atoms with Gasteiger partial charge in [-0.05, 0) is 137 Å². The van der Waals surface area contributed by atoms with Crippen LogP contribution in [-0.2, 0) is 0 Å². The van der Waals surface area contributed by atoms with Gasteiger partial charge in [-0.15, -0.1) is 0 Å². The van der Waals surface area contributed by atoms with Crippen LogP contribution in [0.2, 0.25) is 0 Å². The summed E-state index contributed by atoms with van der Waals surface area (Å²) in [6, 6.07) is 1.98. The van der Waals surface area contributed by atoms with E-state index in [1.807, 2.05) is 40.7 Å². The van der Waals surface area contributed by atoms with E-state index in [0.717, 1.165) is 41.1 Å². The zero-order valence-corrected chi connectivity index (χ0v) is 27.3. The first-order valence-corrected chi connectivity index (χ1v) is 16.3. The quantitative estimate of drug-likeness (QED) is 0.379. The first kappa shape index (κ1) is 34.2. The van der Waals surface area contributed by atoms with E-state index in [1.54, 1.807) is 19.4 Å². The van der Waals surface area contributed by atoms with Crippen molar-refractivity contribution in [2.45, 2.75) is 140 Å². The highest BCUT2D eigenvalue weighted by atomic mass is 14.8. The zero-order chi connectivity index (χ0) is 28.4. The van der Waals surface area contributed by atoms with Crippen LogP contribution in [0.5, 0.6) is 0 Å². The first-order valence-electron chi connectivity index (χ1n) is 16.3. The summed E-state index contributed by atoms with van der Waals surface area (Å²) in [6.07, 6.45) is 16.9. The Kier molecular flexibility index (Phi) is 14.0. The molecule has 0 amide bonds. The van der Waals surface area contributed by atoms with Crippen LogP contribution in [0, 0.1) is 63.1 Å². The van der Waals surface area contributed by atoms with E-state index in [1.165, 1.54) is 64.3 Å². The number of fused-ring (bicyclic) bond motifs is 5. The Hall–Kier alpha value is -0.810. The lowest BCUT2D eigenvalue weighted by molar-refractivity contribution is -0.131. The summed E-state index contributed by atoms with van der Waals surface area (Å²) in [5.74, 6) is 5.92. The number of hydrogen-bond donors (Lipinski definition) is 1. The lowest BCUT2D eigenvalue weighted by Crippen LogP contribution is -2.54. The topological polar surface area (TPSA) is 35.8 Å². The molecule has 1 N–H and O–H groups in total. The smallest absolute Gasteiger partial charge is 0.0940 e. The lowest BCUT2D eigenvalue weighted by atomic mass is 9.42. The molecule has 0 saturated heterocycles. The largest absolute Gasteiger partial charge is 0.319 e. The fraction of sp³-hybridized carbons (Fsp3) is 0.914. The molecule has 216 valence electrons. The minimum Gasteiger partial charge on any atom is -0.319 e. The third kappa shape index (κ3) is 7.24. The number of nitrogens with zero attached hydrogens (tertiary/aromatic N) is 1. The molecular weight excluding hydrogens is 448 g/mol. The van der Waals surface area contributed by atoms with Crippen molar-refractivity contribution in [3.63, 3.8) is 0 Å². The average molecular weight is 515 g/mol. The third-order valence-corrected chi connectivity index (χ3v) is 11.8. The molecule has 0 aromatic carbocycles. The molecule has 0 bridgehead atoms. The van der Waals surface area contributed by atoms with E-state index in [9.17, 15) is 0 Å². The summed E-state index contributed by atoms with van der Waals surface area (Å²) in [6.45, 7) is 25.8. The maximum atomic E-state index is 8.02. The van der Waals surface area contributed by atoms with Gasteiger partial charge in [0.25, 0.3) is 0 Å². The van der Waals surface area contributed by atoms with Crippen LogP contribution in [0.15, 0.2) is 11.6 Å². The predicted octanol–water partition coefficient (Wildman–Crippen LogP) is 10.4. The van der Waals surface area contributed by atoms with Crippen molar-refractivity contribution in [3.05, 3.63) is 11.6 Å². The summed E-state index contributed by atoms with van der Waals surface area (Å²) >= 11 is 0. The van der Waals surface area contributed by atoms with Gasteiger partial charge in [0, 0.05) is 5.57 Å². The Labute approximate surface area is 233 Å². The molecule has 0 radical (unpaired) electrons. The van der Waals surface area contributed by atoms with Crippen LogP contribution in [-0.4, -0.2) is 13.6 Å². The molecule has 2 heteroatoms. The molecule has 4 saturated carbocycles. The molecule has 9 atom stereocenters. The van der Waals surface area contributed by atoms with E-state index >= 15 is 0 Å². The van der Waals surface area contributed by atoms with Crippen LogP contribution >= 0.6 is 0 Å². The molecular formula is C35H66N2. The van der Waals surface area contributed by atoms with Gasteiger partial charge in [-0.2, -0.15) is 5.26 Å². The van der Waals surface area contributed by atoms with Crippen LogP contribution in [0.3, 0.4) is 0 Å². The summed E-state index contributed by atoms with van der Waals surface area (Å²) in [5, 5.41) is 11.5. The van der Waals surface area contributed by atoms with E-state index in [-0.39, 0.29) is 0 Å². The highest BCUT2D eigenvalue weighted by Crippen LogP contribution is 2.69. The Morgan fingerprint density at radius 3 is 2.08 bits per heavy atom. The van der Waals surface area contributed by atoms with Gasteiger partial charge < -0.3 is 5.32 Å². The predicted molar refractivity (Wildman–Crippen MR) is 164 cm³/mol. The Balaban J connectivity index is 0.000000595. The van der Waals surface area contributed by atoms with Crippen LogP contribution in [0.4, 0.5) is 0 Å². The molecule has 4 aliphatic rings. The summed E-state index contributed by atoms with van der Waals surface area (Å²) in [7, 11) is 2.14. The molecule has 8 unspecified atom stereocenters. The molecule has 4 fully saturated rings. The Bertz CT molecular complexity index is 734. The van der Waals surface area contributed by atoms with E-state index < -0.39 is 0 Å². The minimum atomic E-state index is 0.632. The molecule has 0 heterocycles. The van der Waals surface area contributed by atoms with Gasteiger partial charge in [0.15, 0.2) is 0 Å². The maximum absolute atomic E-state index is 8.02. The van der Waals surface area contributed by atoms with Crippen molar-refractivity contribution in [3.8, 4) is 6.07 Å². The van der Waals surface area contributed by atoms with Crippen molar-refractivity contribution in [2.24, 2.45) is 51.8 Å². The standard InChI is InChI=1S/C26H47N.C5H7N.2C2H6/c1-7-24(3)14-15-25(4)19(16-24)8-9-20-22-11-10-21(18(2)17-27-6)26(22,5)13-12-23(20)25;1-3-5(2)4-6;2*1-2/h18-23,27H,7-17H2,1-6H3;3H,1-2H3;2*1-2H3/b;5-3+;;/t18?,19?,20?,21?,22?,23?,24-,25?,26?;;;/m0.../s1. The molecule has 0 aromatic rings. The van der Waals surface area contributed by atoms with Gasteiger partial charge in [0.05, 0.1) is 6.07 Å². The van der Waals surface area contributed by atoms with Crippen molar-refractivity contribution >= 4 is 0 Å². The fourth-order valence-corrected chi connectivity index (χ4v) is 9.35. The van der Waals surface area contributed by atoms with Crippen molar-refractivity contribution in [1.82, 2.24) is 5.32 Å². The number of nitriles is 1. The van der Waals surface area contributed by atoms with E-state index in [0.29, 0.717) is 16.2 Å². The Morgan fingerprint density at radius 2 is 1.57 bits per heavy atom. The number of hydrogen-bond acceptors (Lipinski definition) is 2. The molecule has 0 aliphatic heterocycles. The summed E-state index contributed by atoms with van der Waals surface area (Å²) in [4.78, 5) is 0. The van der Waals surface area contributed by atoms with Crippen molar-refractivity contribution in [2.75, 3.05) is 13.6 Å². The Morgan fingerprint density at radius 1 is 0.946 bits per heavy atom. The van der Waals surface area contributed by atoms with Gasteiger partial charge in [0.2, 0.25) is 0 Å². The minimum absolute atomic E-state index is 0.632. The second-order valence-electron chi connectivity index (χ2n) is 13.4. The fourth-order valence-electron chi connectivity index (χ4n) is 9.35. The van der Waals surface area contributed by atoms with E-state index in [4.69, 9.17) is 5.26 Å². The summed E-state index contributed by atoms with van der Waals surface area (Å²) < 4.78 is 0. The van der Waals surface area contributed by atoms with Gasteiger partial charge >= 0.3 is 0 Å². The molecule has 4 rings (SSSR count). The lowest BCUT2D eigenvalue weighted by Gasteiger charge is -2.62. The molecule has 37 heavy (non-hydrogen) atoms. The molecule has 4 aliphatic carbocycles. The van der Waals surface area contributed by atoms with Crippen molar-refractivity contribution in [1.29, 1.82) is 5.26 Å². The van der Waals surface area contributed by atoms with Crippen molar-refractivity contribution < 1.29 is 0 Å². The first-order chi connectivity index (χ1) is 17.6. The van der Waals surface area contributed by atoms with Gasteiger partial charge in [0.1, 0.15) is 0 Å². The number of nitrogens with one attached hydrogen (secondary N) is 1. The second-order valence-corrected chi connectivity index (χ2v) is 13.4. The summed E-state index contributed by atoms with van der Waals surface area (Å²) in [5.41, 5.74) is 2.71. The third-order valence-electron chi connectivity index (χ3n) is 11.8. The monoisotopic (exact) mass is 515 g/mol. The number of allylic oxidation sites excluding steroid dienone is 2. The van der Waals surface area contributed by atoms with E-state index in [2.05, 4.69) is 47.0 Å². The highest BCUT2D eigenvalue weighted by Gasteiger charge is 2.61. The maximum Gasteiger partial charge on any atom is 0.0940 e. The van der Waals surface area contributed by atoms with Gasteiger partial charge in [-0.25, -0.2) is 0 Å². The van der Waals surface area contributed by atoms with Gasteiger partial charge in [-0.3, -0.25) is 0 Å². The average Bonchev–Trinajstić information content (AvgIpc) is 3.29. The van der Waals surface area contributed by atoms with Crippen LogP contribution < -0.4 is 5.32 Å². The highest BCUT2D eigenvalue weighted by molar-refractivity contribution is 5.15. The number of rotatable bonds is 4. The molecule has 0 spiro atoms. The zero-order valence-electron chi connectivity index (χ0n) is 27.3. The molecule has 0 aromatic heterocycles.